The quantitative estimate of drug-likeness (QED) is 0.813. The van der Waals surface area contributed by atoms with Crippen molar-refractivity contribution in [1.82, 2.24) is 4.98 Å². The zero-order chi connectivity index (χ0) is 15.5. The fourth-order valence-corrected chi connectivity index (χ4v) is 2.57. The number of hydrogen-bond donors (Lipinski definition) is 0. The molecule has 0 radical (unpaired) electrons. The first-order chi connectivity index (χ1) is 10.7. The van der Waals surface area contributed by atoms with E-state index >= 15 is 0 Å². The third-order valence-electron chi connectivity index (χ3n) is 3.65. The predicted molar refractivity (Wildman–Crippen MR) is 83.9 cm³/mol. The van der Waals surface area contributed by atoms with E-state index in [1.54, 1.807) is 12.3 Å². The molecule has 1 aromatic heterocycles. The highest BCUT2D eigenvalue weighted by molar-refractivity contribution is 5.92. The summed E-state index contributed by atoms with van der Waals surface area (Å²) in [4.78, 5) is 16.1. The molecule has 0 atom stereocenters. The highest BCUT2D eigenvalue weighted by Crippen LogP contribution is 2.27. The number of carbonyl (C=O) groups excluding carboxylic acids is 1. The normalized spacial score (nSPS) is 12.5. The van der Waals surface area contributed by atoms with E-state index in [2.05, 4.69) is 4.98 Å². The lowest BCUT2D eigenvalue weighted by molar-refractivity contribution is 0.0599. The van der Waals surface area contributed by atoms with Crippen molar-refractivity contribution in [3.05, 3.63) is 64.5 Å². The molecule has 0 spiro atoms. The molecule has 0 saturated carbocycles. The number of rotatable bonds is 4. The van der Waals surface area contributed by atoms with Gasteiger partial charge in [0, 0.05) is 12.6 Å². The predicted octanol–water partition coefficient (Wildman–Crippen LogP) is 3.20. The Bertz CT molecular complexity index is 750. The number of aryl methyl sites for hydroxylation is 1. The van der Waals surface area contributed by atoms with E-state index in [1.807, 2.05) is 37.3 Å². The minimum atomic E-state index is -0.326. The molecule has 1 aliphatic rings. The summed E-state index contributed by atoms with van der Waals surface area (Å²) >= 11 is 0. The summed E-state index contributed by atoms with van der Waals surface area (Å²) in [6, 6.07) is 9.64. The molecule has 0 saturated heterocycles. The average molecular weight is 295 g/mol. The number of fused-ring (bicyclic) bond motifs is 1. The SMILES string of the molecule is COC(=O)c1ccnc2c1CC(COc1cccc(C)c1)=C2. The average Bonchev–Trinajstić information content (AvgIpc) is 2.95. The Morgan fingerprint density at radius 2 is 2.18 bits per heavy atom. The first kappa shape index (κ1) is 14.3. The van der Waals surface area contributed by atoms with Gasteiger partial charge in [-0.25, -0.2) is 4.79 Å². The van der Waals surface area contributed by atoms with Crippen LogP contribution in [0.15, 0.2) is 42.1 Å². The molecule has 1 aromatic carbocycles. The van der Waals surface area contributed by atoms with Gasteiger partial charge < -0.3 is 9.47 Å². The topological polar surface area (TPSA) is 48.4 Å². The number of carbonyl (C=O) groups is 1. The van der Waals surface area contributed by atoms with Crippen LogP contribution in [0, 0.1) is 6.92 Å². The van der Waals surface area contributed by atoms with Gasteiger partial charge >= 0.3 is 5.97 Å². The summed E-state index contributed by atoms with van der Waals surface area (Å²) in [5.74, 6) is 0.519. The van der Waals surface area contributed by atoms with Crippen molar-refractivity contribution in [2.45, 2.75) is 13.3 Å². The van der Waals surface area contributed by atoms with Gasteiger partial charge in [-0.3, -0.25) is 4.98 Å². The molecule has 4 heteroatoms. The Balaban J connectivity index is 1.72. The molecule has 0 amide bonds. The van der Waals surface area contributed by atoms with Crippen molar-refractivity contribution in [3.63, 3.8) is 0 Å². The highest BCUT2D eigenvalue weighted by Gasteiger charge is 2.21. The third-order valence-corrected chi connectivity index (χ3v) is 3.65. The van der Waals surface area contributed by atoms with Crippen LogP contribution in [0.2, 0.25) is 0 Å². The molecule has 0 aliphatic heterocycles. The fourth-order valence-electron chi connectivity index (χ4n) is 2.57. The summed E-state index contributed by atoms with van der Waals surface area (Å²) in [7, 11) is 1.39. The second-order valence-corrected chi connectivity index (χ2v) is 5.30. The third kappa shape index (κ3) is 2.86. The van der Waals surface area contributed by atoms with E-state index < -0.39 is 0 Å². The van der Waals surface area contributed by atoms with Crippen LogP contribution in [0.4, 0.5) is 0 Å². The summed E-state index contributed by atoms with van der Waals surface area (Å²) in [6.07, 6.45) is 4.28. The van der Waals surface area contributed by atoms with Crippen LogP contribution in [-0.2, 0) is 11.2 Å². The molecule has 0 N–H and O–H groups in total. The van der Waals surface area contributed by atoms with Gasteiger partial charge in [-0.1, -0.05) is 12.1 Å². The van der Waals surface area contributed by atoms with Crippen LogP contribution in [0.3, 0.4) is 0 Å². The molecular weight excluding hydrogens is 278 g/mol. The standard InChI is InChI=1S/C18H17NO3/c1-12-4-3-5-14(8-12)22-11-13-9-16-15(18(20)21-2)6-7-19-17(16)10-13/h3-8,10H,9,11H2,1-2H3. The highest BCUT2D eigenvalue weighted by atomic mass is 16.5. The number of aromatic nitrogens is 1. The van der Waals surface area contributed by atoms with Crippen molar-refractivity contribution in [2.24, 2.45) is 0 Å². The van der Waals surface area contributed by atoms with Crippen molar-refractivity contribution >= 4 is 12.0 Å². The molecule has 2 aromatic rings. The molecule has 0 unspecified atom stereocenters. The molecule has 1 heterocycles. The summed E-state index contributed by atoms with van der Waals surface area (Å²) < 4.78 is 10.6. The molecule has 22 heavy (non-hydrogen) atoms. The monoisotopic (exact) mass is 295 g/mol. The van der Waals surface area contributed by atoms with Gasteiger partial charge in [-0.05, 0) is 47.9 Å². The number of pyridine rings is 1. The van der Waals surface area contributed by atoms with Crippen LogP contribution >= 0.6 is 0 Å². The Morgan fingerprint density at radius 1 is 1.32 bits per heavy atom. The second-order valence-electron chi connectivity index (χ2n) is 5.30. The number of methoxy groups -OCH3 is 1. The Morgan fingerprint density at radius 3 is 2.95 bits per heavy atom. The number of benzene rings is 1. The number of esters is 1. The Hall–Kier alpha value is -2.62. The van der Waals surface area contributed by atoms with Crippen molar-refractivity contribution < 1.29 is 14.3 Å². The zero-order valence-corrected chi connectivity index (χ0v) is 12.6. The minimum Gasteiger partial charge on any atom is -0.489 e. The lowest BCUT2D eigenvalue weighted by Crippen LogP contribution is -2.07. The van der Waals surface area contributed by atoms with Crippen LogP contribution < -0.4 is 4.74 Å². The first-order valence-electron chi connectivity index (χ1n) is 7.12. The van der Waals surface area contributed by atoms with E-state index in [9.17, 15) is 4.79 Å². The zero-order valence-electron chi connectivity index (χ0n) is 12.6. The molecular formula is C18H17NO3. The molecule has 3 rings (SSSR count). The number of ether oxygens (including phenoxy) is 2. The minimum absolute atomic E-state index is 0.326. The Kier molecular flexibility index (Phi) is 3.92. The smallest absolute Gasteiger partial charge is 0.338 e. The van der Waals surface area contributed by atoms with Gasteiger partial charge in [0.1, 0.15) is 12.4 Å². The Labute approximate surface area is 129 Å². The van der Waals surface area contributed by atoms with Gasteiger partial charge in [0.05, 0.1) is 18.4 Å². The summed E-state index contributed by atoms with van der Waals surface area (Å²) in [5.41, 5.74) is 4.58. The van der Waals surface area contributed by atoms with Gasteiger partial charge in [0.2, 0.25) is 0 Å². The van der Waals surface area contributed by atoms with Crippen LogP contribution in [0.1, 0.15) is 27.2 Å². The maximum absolute atomic E-state index is 11.8. The van der Waals surface area contributed by atoms with Crippen molar-refractivity contribution in [1.29, 1.82) is 0 Å². The van der Waals surface area contributed by atoms with Gasteiger partial charge in [0.15, 0.2) is 0 Å². The molecule has 0 fully saturated rings. The number of nitrogens with zero attached hydrogens (tertiary/aromatic N) is 1. The van der Waals surface area contributed by atoms with E-state index in [0.29, 0.717) is 18.6 Å². The largest absolute Gasteiger partial charge is 0.489 e. The van der Waals surface area contributed by atoms with Gasteiger partial charge in [-0.2, -0.15) is 0 Å². The maximum atomic E-state index is 11.8. The maximum Gasteiger partial charge on any atom is 0.338 e. The second kappa shape index (κ2) is 6.02. The van der Waals surface area contributed by atoms with E-state index in [4.69, 9.17) is 9.47 Å². The van der Waals surface area contributed by atoms with Crippen LogP contribution in [-0.4, -0.2) is 24.7 Å². The molecule has 112 valence electrons. The van der Waals surface area contributed by atoms with E-state index in [0.717, 1.165) is 28.1 Å². The van der Waals surface area contributed by atoms with Crippen molar-refractivity contribution in [2.75, 3.05) is 13.7 Å². The van der Waals surface area contributed by atoms with Crippen molar-refractivity contribution in [3.8, 4) is 5.75 Å². The van der Waals surface area contributed by atoms with E-state index in [-0.39, 0.29) is 5.97 Å². The lowest BCUT2D eigenvalue weighted by Gasteiger charge is -2.08. The number of hydrogen-bond acceptors (Lipinski definition) is 4. The summed E-state index contributed by atoms with van der Waals surface area (Å²) in [6.45, 7) is 2.52. The fraction of sp³-hybridized carbons (Fsp3) is 0.222. The molecule has 0 bridgehead atoms. The summed E-state index contributed by atoms with van der Waals surface area (Å²) in [5, 5.41) is 0. The first-order valence-corrected chi connectivity index (χ1v) is 7.12. The lowest BCUT2D eigenvalue weighted by atomic mass is 10.1. The van der Waals surface area contributed by atoms with Crippen LogP contribution in [0.25, 0.3) is 6.08 Å². The molecule has 4 nitrogen and oxygen atoms in total. The van der Waals surface area contributed by atoms with E-state index in [1.165, 1.54) is 7.11 Å². The molecule has 1 aliphatic carbocycles. The van der Waals surface area contributed by atoms with Gasteiger partial charge in [0.25, 0.3) is 0 Å². The van der Waals surface area contributed by atoms with Gasteiger partial charge in [-0.15, -0.1) is 0 Å². The van der Waals surface area contributed by atoms with Crippen LogP contribution in [0.5, 0.6) is 5.75 Å².